The second-order valence-corrected chi connectivity index (χ2v) is 6.16. The zero-order valence-electron chi connectivity index (χ0n) is 14.1. The largest absolute Gasteiger partial charge is 0.487 e. The van der Waals surface area contributed by atoms with Gasteiger partial charge in [-0.05, 0) is 31.2 Å². The lowest BCUT2D eigenvalue weighted by Crippen LogP contribution is -2.06. The summed E-state index contributed by atoms with van der Waals surface area (Å²) in [7, 11) is 0. The van der Waals surface area contributed by atoms with Gasteiger partial charge >= 0.3 is 0 Å². The van der Waals surface area contributed by atoms with E-state index in [-0.39, 0.29) is 5.91 Å². The van der Waals surface area contributed by atoms with E-state index in [2.05, 4.69) is 16.4 Å². The molecule has 6 nitrogen and oxygen atoms in total. The lowest BCUT2D eigenvalue weighted by Gasteiger charge is -2.09. The summed E-state index contributed by atoms with van der Waals surface area (Å²) in [5.41, 5.74) is 5.72. The topological polar surface area (TPSA) is 69.0 Å². The number of hydrogen-bond acceptors (Lipinski definition) is 4. The first-order chi connectivity index (χ1) is 12.1. The molecule has 0 aliphatic carbocycles. The molecule has 0 bridgehead atoms. The molecule has 3 heterocycles. The van der Waals surface area contributed by atoms with Crippen LogP contribution in [0.1, 0.15) is 23.9 Å². The molecule has 0 saturated carbocycles. The molecule has 0 atom stereocenters. The number of carbonyl (C=O) groups excluding carboxylic acids is 1. The maximum Gasteiger partial charge on any atom is 0.221 e. The van der Waals surface area contributed by atoms with Crippen molar-refractivity contribution in [2.75, 3.05) is 5.32 Å². The number of amides is 1. The van der Waals surface area contributed by atoms with Crippen LogP contribution in [-0.4, -0.2) is 20.7 Å². The highest BCUT2D eigenvalue weighted by Gasteiger charge is 2.17. The fraction of sp³-hybridized carbons (Fsp3) is 0.211. The van der Waals surface area contributed by atoms with E-state index < -0.39 is 0 Å². The van der Waals surface area contributed by atoms with Crippen molar-refractivity contribution in [3.63, 3.8) is 0 Å². The Morgan fingerprint density at radius 3 is 2.92 bits per heavy atom. The normalized spacial score (nSPS) is 12.6. The molecule has 0 spiro atoms. The van der Waals surface area contributed by atoms with Crippen LogP contribution < -0.4 is 10.1 Å². The third kappa shape index (κ3) is 3.10. The molecule has 2 aromatic heterocycles. The summed E-state index contributed by atoms with van der Waals surface area (Å²) in [6.45, 7) is 4.53. The van der Waals surface area contributed by atoms with Gasteiger partial charge in [-0.1, -0.05) is 6.07 Å². The second kappa shape index (κ2) is 6.05. The van der Waals surface area contributed by atoms with Crippen LogP contribution >= 0.6 is 0 Å². The van der Waals surface area contributed by atoms with E-state index in [1.165, 1.54) is 6.92 Å². The van der Waals surface area contributed by atoms with Crippen molar-refractivity contribution in [3.8, 4) is 17.0 Å². The van der Waals surface area contributed by atoms with Crippen LogP contribution in [0.15, 0.2) is 42.6 Å². The third-order valence-corrected chi connectivity index (χ3v) is 4.14. The van der Waals surface area contributed by atoms with Crippen molar-refractivity contribution in [2.24, 2.45) is 0 Å². The summed E-state index contributed by atoms with van der Waals surface area (Å²) in [6, 6.07) is 11.7. The monoisotopic (exact) mass is 334 g/mol. The van der Waals surface area contributed by atoms with Crippen molar-refractivity contribution < 1.29 is 9.53 Å². The van der Waals surface area contributed by atoms with E-state index in [9.17, 15) is 4.79 Å². The van der Waals surface area contributed by atoms with E-state index >= 15 is 0 Å². The number of nitrogens with zero attached hydrogens (tertiary/aromatic N) is 3. The minimum Gasteiger partial charge on any atom is -0.487 e. The average Bonchev–Trinajstić information content (AvgIpc) is 2.89. The van der Waals surface area contributed by atoms with Crippen LogP contribution in [0.3, 0.4) is 0 Å². The summed E-state index contributed by atoms with van der Waals surface area (Å²) in [4.78, 5) is 15.4. The van der Waals surface area contributed by atoms with Crippen LogP contribution in [0, 0.1) is 6.92 Å². The fourth-order valence-electron chi connectivity index (χ4n) is 2.97. The number of aryl methyl sites for hydroxylation is 1. The van der Waals surface area contributed by atoms with E-state index in [1.807, 2.05) is 41.9 Å². The van der Waals surface area contributed by atoms with E-state index in [0.717, 1.165) is 39.6 Å². The first-order valence-corrected chi connectivity index (χ1v) is 8.11. The molecule has 126 valence electrons. The predicted octanol–water partition coefficient (Wildman–Crippen LogP) is 3.15. The third-order valence-electron chi connectivity index (χ3n) is 4.14. The SMILES string of the molecule is CC(=O)Nc1ccc2c(c1)OCc1cc(-c3ccnc(C)c3)nn1C2. The van der Waals surface area contributed by atoms with Gasteiger partial charge in [-0.25, -0.2) is 0 Å². The van der Waals surface area contributed by atoms with Gasteiger partial charge in [-0.2, -0.15) is 5.10 Å². The predicted molar refractivity (Wildman–Crippen MR) is 94.4 cm³/mol. The quantitative estimate of drug-likeness (QED) is 0.781. The average molecular weight is 334 g/mol. The van der Waals surface area contributed by atoms with Crippen LogP contribution in [0.2, 0.25) is 0 Å². The highest BCUT2D eigenvalue weighted by molar-refractivity contribution is 5.88. The Kier molecular flexibility index (Phi) is 3.72. The first-order valence-electron chi connectivity index (χ1n) is 8.11. The van der Waals surface area contributed by atoms with Gasteiger partial charge in [0.1, 0.15) is 12.4 Å². The van der Waals surface area contributed by atoms with Crippen LogP contribution in [0.25, 0.3) is 11.3 Å². The van der Waals surface area contributed by atoms with Gasteiger partial charge in [0.05, 0.1) is 17.9 Å². The molecular weight excluding hydrogens is 316 g/mol. The lowest BCUT2D eigenvalue weighted by atomic mass is 10.1. The number of ether oxygens (including phenoxy) is 1. The number of hydrogen-bond donors (Lipinski definition) is 1. The zero-order chi connectivity index (χ0) is 17.4. The molecule has 1 amide bonds. The fourth-order valence-corrected chi connectivity index (χ4v) is 2.97. The summed E-state index contributed by atoms with van der Waals surface area (Å²) in [5.74, 6) is 0.678. The van der Waals surface area contributed by atoms with Gasteiger partial charge in [0.25, 0.3) is 0 Å². The van der Waals surface area contributed by atoms with Gasteiger partial charge < -0.3 is 10.1 Å². The number of pyridine rings is 1. The highest BCUT2D eigenvalue weighted by Crippen LogP contribution is 2.29. The molecule has 1 aliphatic rings. The molecule has 25 heavy (non-hydrogen) atoms. The van der Waals surface area contributed by atoms with Gasteiger partial charge in [0, 0.05) is 41.7 Å². The molecule has 0 saturated heterocycles. The Balaban J connectivity index is 1.65. The minimum atomic E-state index is -0.0983. The Bertz CT molecular complexity index is 962. The number of carbonyl (C=O) groups is 1. The Morgan fingerprint density at radius 2 is 2.12 bits per heavy atom. The molecule has 3 aromatic rings. The minimum absolute atomic E-state index is 0.0983. The van der Waals surface area contributed by atoms with Gasteiger partial charge in [0.2, 0.25) is 5.91 Å². The summed E-state index contributed by atoms with van der Waals surface area (Å²) >= 11 is 0. The second-order valence-electron chi connectivity index (χ2n) is 6.16. The van der Waals surface area contributed by atoms with Crippen molar-refractivity contribution >= 4 is 11.6 Å². The molecular formula is C19H18N4O2. The van der Waals surface area contributed by atoms with E-state index in [4.69, 9.17) is 9.84 Å². The standard InChI is InChI=1S/C19H18N4O2/c1-12-7-14(5-6-20-12)18-9-17-11-25-19-8-16(21-13(2)24)4-3-15(19)10-23(17)22-18/h3-9H,10-11H2,1-2H3,(H,21,24). The zero-order valence-corrected chi connectivity index (χ0v) is 14.1. The Labute approximate surface area is 145 Å². The van der Waals surface area contributed by atoms with Crippen molar-refractivity contribution in [3.05, 3.63) is 59.5 Å². The number of aromatic nitrogens is 3. The lowest BCUT2D eigenvalue weighted by molar-refractivity contribution is -0.114. The Hall–Kier alpha value is -3.15. The highest BCUT2D eigenvalue weighted by atomic mass is 16.5. The molecule has 1 aromatic carbocycles. The summed E-state index contributed by atoms with van der Waals surface area (Å²) < 4.78 is 7.91. The smallest absolute Gasteiger partial charge is 0.221 e. The molecule has 1 aliphatic heterocycles. The molecule has 1 N–H and O–H groups in total. The van der Waals surface area contributed by atoms with Crippen molar-refractivity contribution in [2.45, 2.75) is 27.0 Å². The number of fused-ring (bicyclic) bond motifs is 2. The van der Waals surface area contributed by atoms with Crippen molar-refractivity contribution in [1.82, 2.24) is 14.8 Å². The van der Waals surface area contributed by atoms with Crippen molar-refractivity contribution in [1.29, 1.82) is 0 Å². The number of rotatable bonds is 2. The van der Waals surface area contributed by atoms with Gasteiger partial charge in [-0.15, -0.1) is 0 Å². The Morgan fingerprint density at radius 1 is 1.24 bits per heavy atom. The first kappa shape index (κ1) is 15.4. The van der Waals surface area contributed by atoms with E-state index in [0.29, 0.717) is 13.2 Å². The van der Waals surface area contributed by atoms with Crippen LogP contribution in [0.4, 0.5) is 5.69 Å². The van der Waals surface area contributed by atoms with Crippen LogP contribution in [-0.2, 0) is 17.9 Å². The van der Waals surface area contributed by atoms with Gasteiger partial charge in [-0.3, -0.25) is 14.5 Å². The summed E-state index contributed by atoms with van der Waals surface area (Å²) in [5, 5.41) is 7.51. The number of benzene rings is 1. The molecule has 0 unspecified atom stereocenters. The van der Waals surface area contributed by atoms with Gasteiger partial charge in [0.15, 0.2) is 0 Å². The van der Waals surface area contributed by atoms with Crippen LogP contribution in [0.5, 0.6) is 5.75 Å². The molecule has 4 rings (SSSR count). The number of nitrogens with one attached hydrogen (secondary N) is 1. The maximum atomic E-state index is 11.2. The molecule has 6 heteroatoms. The molecule has 0 radical (unpaired) electrons. The summed E-state index contributed by atoms with van der Waals surface area (Å²) in [6.07, 6.45) is 1.80. The maximum absolute atomic E-state index is 11.2. The molecule has 0 fully saturated rings. The van der Waals surface area contributed by atoms with E-state index in [1.54, 1.807) is 6.20 Å². The number of anilines is 1.